The third-order valence-corrected chi connectivity index (χ3v) is 8.29. The Labute approximate surface area is 239 Å². The van der Waals surface area contributed by atoms with E-state index in [-0.39, 0.29) is 11.9 Å². The first-order valence-electron chi connectivity index (χ1n) is 17.2. The van der Waals surface area contributed by atoms with Crippen LogP contribution in [-0.2, 0) is 14.3 Å². The summed E-state index contributed by atoms with van der Waals surface area (Å²) in [6, 6.07) is 0. The fourth-order valence-corrected chi connectivity index (χ4v) is 5.54. The first-order valence-corrected chi connectivity index (χ1v) is 17.2. The predicted molar refractivity (Wildman–Crippen MR) is 165 cm³/mol. The van der Waals surface area contributed by atoms with Crippen molar-refractivity contribution in [3.63, 3.8) is 0 Å². The fraction of sp³-hybridized carbons (Fsp3) is 0.943. The molecule has 0 aromatic rings. The third-order valence-electron chi connectivity index (χ3n) is 8.29. The lowest BCUT2D eigenvalue weighted by molar-refractivity contribution is -0.159. The van der Waals surface area contributed by atoms with Gasteiger partial charge in [0.25, 0.3) is 0 Å². The molecule has 0 heterocycles. The number of ether oxygens (including phenoxy) is 1. The van der Waals surface area contributed by atoms with Crippen molar-refractivity contribution >= 4 is 11.9 Å². The highest BCUT2D eigenvalue weighted by molar-refractivity contribution is 5.85. The van der Waals surface area contributed by atoms with Crippen LogP contribution in [-0.4, -0.2) is 11.9 Å². The Bertz CT molecular complexity index is 513. The first-order chi connectivity index (χ1) is 18.5. The lowest BCUT2D eigenvalue weighted by Crippen LogP contribution is -2.12. The normalized spacial score (nSPS) is 12.2. The van der Waals surface area contributed by atoms with E-state index in [9.17, 15) is 9.59 Å². The molecule has 0 spiro atoms. The maximum absolute atomic E-state index is 12.1. The summed E-state index contributed by atoms with van der Waals surface area (Å²) in [4.78, 5) is 24.0. The molecule has 0 aliphatic carbocycles. The van der Waals surface area contributed by atoms with Gasteiger partial charge in [-0.3, -0.25) is 9.59 Å². The molecule has 0 bridgehead atoms. The summed E-state index contributed by atoms with van der Waals surface area (Å²) in [6.45, 7) is 9.21. The molecular weight excluding hydrogens is 468 g/mol. The van der Waals surface area contributed by atoms with Crippen LogP contribution in [0.25, 0.3) is 0 Å². The molecule has 0 radical (unpaired) electrons. The number of hydrogen-bond donors (Lipinski definition) is 0. The van der Waals surface area contributed by atoms with E-state index in [0.29, 0.717) is 18.8 Å². The fourth-order valence-electron chi connectivity index (χ4n) is 5.54. The molecule has 0 saturated heterocycles. The van der Waals surface area contributed by atoms with Crippen LogP contribution in [0.1, 0.15) is 201 Å². The number of hydrogen-bond acceptors (Lipinski definition) is 3. The molecule has 3 nitrogen and oxygen atoms in total. The average Bonchev–Trinajstić information content (AvgIpc) is 2.89. The van der Waals surface area contributed by atoms with Gasteiger partial charge in [0.15, 0.2) is 0 Å². The molecular formula is C35H68O3. The molecule has 0 aromatic heterocycles. The van der Waals surface area contributed by atoms with Gasteiger partial charge in [-0.2, -0.15) is 0 Å². The number of carbonyl (C=O) groups excluding carboxylic acids is 2. The first kappa shape index (κ1) is 37.1. The van der Waals surface area contributed by atoms with Crippen molar-refractivity contribution in [3.8, 4) is 0 Å². The van der Waals surface area contributed by atoms with Gasteiger partial charge in [0.05, 0.1) is 0 Å². The molecule has 0 N–H and O–H groups in total. The van der Waals surface area contributed by atoms with Gasteiger partial charge in [0, 0.05) is 12.8 Å². The lowest BCUT2D eigenvalue weighted by atomic mass is 9.86. The van der Waals surface area contributed by atoms with Gasteiger partial charge in [-0.05, 0) is 24.7 Å². The highest BCUT2D eigenvalue weighted by Gasteiger charge is 2.14. The predicted octanol–water partition coefficient (Wildman–Crippen LogP) is 11.9. The van der Waals surface area contributed by atoms with E-state index in [4.69, 9.17) is 4.74 Å². The van der Waals surface area contributed by atoms with Gasteiger partial charge in [-0.1, -0.05) is 175 Å². The minimum Gasteiger partial charge on any atom is -0.393 e. The van der Waals surface area contributed by atoms with Crippen LogP contribution in [0.3, 0.4) is 0 Å². The number of unbranched alkanes of at least 4 members (excludes halogenated alkanes) is 20. The third kappa shape index (κ3) is 26.7. The molecule has 0 aromatic carbocycles. The molecule has 226 valence electrons. The van der Waals surface area contributed by atoms with Crippen molar-refractivity contribution in [3.05, 3.63) is 0 Å². The van der Waals surface area contributed by atoms with Crippen LogP contribution in [0.5, 0.6) is 0 Å². The Morgan fingerprint density at radius 1 is 0.447 bits per heavy atom. The van der Waals surface area contributed by atoms with Gasteiger partial charge in [-0.15, -0.1) is 0 Å². The minimum atomic E-state index is -0.326. The highest BCUT2D eigenvalue weighted by Crippen LogP contribution is 2.25. The van der Waals surface area contributed by atoms with E-state index in [2.05, 4.69) is 27.7 Å². The number of rotatable bonds is 29. The van der Waals surface area contributed by atoms with Crippen LogP contribution in [0, 0.1) is 11.8 Å². The minimum absolute atomic E-state index is 0.325. The lowest BCUT2D eigenvalue weighted by Gasteiger charge is -2.20. The smallest absolute Gasteiger partial charge is 0.313 e. The standard InChI is InChI=1S/C35H68O3/c1-5-7-9-11-13-15-16-17-18-19-21-23-25-30-34(36)38-35(37)31-27-26-29-33(32(3)4)28-24-22-20-14-12-10-8-6-2/h32-33H,5-31H2,1-4H3. The quantitative estimate of drug-likeness (QED) is 0.0542. The summed E-state index contributed by atoms with van der Waals surface area (Å²) in [5.74, 6) is 0.804. The topological polar surface area (TPSA) is 43.4 Å². The second-order valence-electron chi connectivity index (χ2n) is 12.4. The maximum Gasteiger partial charge on any atom is 0.313 e. The zero-order chi connectivity index (χ0) is 28.1. The number of carbonyl (C=O) groups is 2. The summed E-state index contributed by atoms with van der Waals surface area (Å²) in [7, 11) is 0. The van der Waals surface area contributed by atoms with E-state index in [0.717, 1.165) is 31.6 Å². The molecule has 0 amide bonds. The van der Waals surface area contributed by atoms with Crippen molar-refractivity contribution in [2.24, 2.45) is 11.8 Å². The molecule has 0 aliphatic heterocycles. The molecule has 3 heteroatoms. The summed E-state index contributed by atoms with van der Waals surface area (Å²) < 4.78 is 5.06. The zero-order valence-electron chi connectivity index (χ0n) is 26.5. The second kappa shape index (κ2) is 29.1. The Morgan fingerprint density at radius 2 is 0.737 bits per heavy atom. The van der Waals surface area contributed by atoms with E-state index in [1.54, 1.807) is 0 Å². The molecule has 0 fully saturated rings. The van der Waals surface area contributed by atoms with Crippen molar-refractivity contribution in [1.29, 1.82) is 0 Å². The Kier molecular flexibility index (Phi) is 28.5. The van der Waals surface area contributed by atoms with Crippen molar-refractivity contribution in [2.45, 2.75) is 201 Å². The molecule has 38 heavy (non-hydrogen) atoms. The SMILES string of the molecule is CCCCCCCCCCCCCCCC(=O)OC(=O)CCCCC(CCCCCCCCCC)C(C)C. The Morgan fingerprint density at radius 3 is 1.11 bits per heavy atom. The molecule has 0 rings (SSSR count). The van der Waals surface area contributed by atoms with Crippen molar-refractivity contribution in [2.75, 3.05) is 0 Å². The van der Waals surface area contributed by atoms with Gasteiger partial charge < -0.3 is 4.74 Å². The highest BCUT2D eigenvalue weighted by atomic mass is 16.6. The molecule has 1 unspecified atom stereocenters. The summed E-state index contributed by atoms with van der Waals surface area (Å²) >= 11 is 0. The van der Waals surface area contributed by atoms with Gasteiger partial charge in [0.1, 0.15) is 0 Å². The summed E-state index contributed by atoms with van der Waals surface area (Å²) in [5.41, 5.74) is 0. The number of esters is 2. The van der Waals surface area contributed by atoms with Gasteiger partial charge in [0.2, 0.25) is 0 Å². The van der Waals surface area contributed by atoms with Gasteiger partial charge >= 0.3 is 11.9 Å². The van der Waals surface area contributed by atoms with Gasteiger partial charge in [-0.25, -0.2) is 0 Å². The Hall–Kier alpha value is -0.860. The van der Waals surface area contributed by atoms with Crippen LogP contribution in [0.15, 0.2) is 0 Å². The Balaban J connectivity index is 3.61. The van der Waals surface area contributed by atoms with Crippen LogP contribution in [0.4, 0.5) is 0 Å². The van der Waals surface area contributed by atoms with E-state index < -0.39 is 0 Å². The van der Waals surface area contributed by atoms with E-state index in [1.807, 2.05) is 0 Å². The molecule has 0 aliphatic rings. The zero-order valence-corrected chi connectivity index (χ0v) is 26.5. The van der Waals surface area contributed by atoms with E-state index >= 15 is 0 Å². The van der Waals surface area contributed by atoms with Crippen LogP contribution >= 0.6 is 0 Å². The molecule has 1 atom stereocenters. The second-order valence-corrected chi connectivity index (χ2v) is 12.4. The maximum atomic E-state index is 12.1. The average molecular weight is 537 g/mol. The summed E-state index contributed by atoms with van der Waals surface area (Å²) in [6.07, 6.45) is 32.9. The van der Waals surface area contributed by atoms with E-state index in [1.165, 1.54) is 135 Å². The molecule has 0 saturated carbocycles. The van der Waals surface area contributed by atoms with Crippen molar-refractivity contribution in [1.82, 2.24) is 0 Å². The summed E-state index contributed by atoms with van der Waals surface area (Å²) in [5, 5.41) is 0. The van der Waals surface area contributed by atoms with Crippen LogP contribution in [0.2, 0.25) is 0 Å². The van der Waals surface area contributed by atoms with Crippen LogP contribution < -0.4 is 0 Å². The van der Waals surface area contributed by atoms with Crippen molar-refractivity contribution < 1.29 is 14.3 Å². The monoisotopic (exact) mass is 537 g/mol. The largest absolute Gasteiger partial charge is 0.393 e.